The van der Waals surface area contributed by atoms with Gasteiger partial charge in [-0.3, -0.25) is 5.10 Å². The van der Waals surface area contributed by atoms with E-state index in [1.54, 1.807) is 18.5 Å². The number of aliphatic hydroxyl groups is 1. The van der Waals surface area contributed by atoms with E-state index in [-0.39, 0.29) is 0 Å². The lowest BCUT2D eigenvalue weighted by molar-refractivity contribution is 0.221. The van der Waals surface area contributed by atoms with Crippen LogP contribution in [-0.4, -0.2) is 15.3 Å². The Hall–Kier alpha value is -0.550. The molecule has 0 aromatic carbocycles. The van der Waals surface area contributed by atoms with Crippen LogP contribution in [0.5, 0.6) is 0 Å². The molecule has 1 unspecified atom stereocenters. The molecule has 0 saturated carbocycles. The predicted octanol–water partition coefficient (Wildman–Crippen LogP) is 2.86. The molecule has 0 saturated heterocycles. The maximum absolute atomic E-state index is 9.88. The SMILES string of the molecule is OC(c1cn[nH]c1)c1cc(Cl)sc1Cl. The minimum absolute atomic E-state index is 0.503. The summed E-state index contributed by atoms with van der Waals surface area (Å²) < 4.78 is 1.07. The second kappa shape index (κ2) is 3.90. The van der Waals surface area contributed by atoms with Crippen LogP contribution in [0.15, 0.2) is 18.5 Å². The molecular formula is C8H6Cl2N2OS. The molecule has 0 amide bonds. The Balaban J connectivity index is 2.36. The molecule has 0 aliphatic heterocycles. The summed E-state index contributed by atoms with van der Waals surface area (Å²) in [6.07, 6.45) is 2.39. The smallest absolute Gasteiger partial charge is 0.109 e. The summed E-state index contributed by atoms with van der Waals surface area (Å²) >= 11 is 12.9. The molecule has 0 aliphatic carbocycles. The van der Waals surface area contributed by atoms with Gasteiger partial charge in [0.05, 0.1) is 10.5 Å². The fraction of sp³-hybridized carbons (Fsp3) is 0.125. The van der Waals surface area contributed by atoms with Crippen LogP contribution in [0, 0.1) is 0 Å². The first-order valence-electron chi connectivity index (χ1n) is 3.80. The Bertz CT molecular complexity index is 426. The Morgan fingerprint density at radius 2 is 2.29 bits per heavy atom. The molecule has 0 fully saturated rings. The molecule has 0 aliphatic rings. The quantitative estimate of drug-likeness (QED) is 0.859. The molecule has 14 heavy (non-hydrogen) atoms. The van der Waals surface area contributed by atoms with Gasteiger partial charge in [-0.2, -0.15) is 5.10 Å². The number of aliphatic hydroxyl groups excluding tert-OH is 1. The van der Waals surface area contributed by atoms with Gasteiger partial charge in [-0.15, -0.1) is 11.3 Å². The van der Waals surface area contributed by atoms with E-state index in [1.807, 2.05) is 0 Å². The first-order valence-corrected chi connectivity index (χ1v) is 5.37. The van der Waals surface area contributed by atoms with Crippen molar-refractivity contribution in [3.05, 3.63) is 38.3 Å². The van der Waals surface area contributed by atoms with Gasteiger partial charge >= 0.3 is 0 Å². The molecule has 0 radical (unpaired) electrons. The van der Waals surface area contributed by atoms with E-state index in [0.717, 1.165) is 0 Å². The van der Waals surface area contributed by atoms with Crippen LogP contribution in [0.2, 0.25) is 8.67 Å². The van der Waals surface area contributed by atoms with Crippen molar-refractivity contribution >= 4 is 34.5 Å². The number of aromatic nitrogens is 2. The summed E-state index contributed by atoms with van der Waals surface area (Å²) in [6, 6.07) is 1.66. The first kappa shape index (κ1) is 9.98. The van der Waals surface area contributed by atoms with E-state index in [0.29, 0.717) is 19.8 Å². The van der Waals surface area contributed by atoms with Gasteiger partial charge < -0.3 is 5.11 Å². The topological polar surface area (TPSA) is 48.9 Å². The highest BCUT2D eigenvalue weighted by Crippen LogP contribution is 2.36. The molecule has 0 bridgehead atoms. The standard InChI is InChI=1S/C8H6Cl2N2OS/c9-6-1-5(8(10)14-6)7(13)4-2-11-12-3-4/h1-3,7,13H,(H,11,12). The molecule has 2 aromatic heterocycles. The molecular weight excluding hydrogens is 243 g/mol. The van der Waals surface area contributed by atoms with Gasteiger partial charge in [0.25, 0.3) is 0 Å². The number of hydrogen-bond donors (Lipinski definition) is 2. The first-order chi connectivity index (χ1) is 6.68. The third-order valence-electron chi connectivity index (χ3n) is 1.81. The van der Waals surface area contributed by atoms with E-state index in [2.05, 4.69) is 10.2 Å². The van der Waals surface area contributed by atoms with Crippen LogP contribution in [0.1, 0.15) is 17.2 Å². The zero-order valence-electron chi connectivity index (χ0n) is 6.87. The van der Waals surface area contributed by atoms with Gasteiger partial charge in [0.2, 0.25) is 0 Å². The van der Waals surface area contributed by atoms with E-state index < -0.39 is 6.10 Å². The van der Waals surface area contributed by atoms with Crippen LogP contribution in [-0.2, 0) is 0 Å². The van der Waals surface area contributed by atoms with Crippen molar-refractivity contribution in [1.29, 1.82) is 0 Å². The number of hydrogen-bond acceptors (Lipinski definition) is 3. The molecule has 2 N–H and O–H groups in total. The maximum atomic E-state index is 9.88. The van der Waals surface area contributed by atoms with Crippen LogP contribution >= 0.6 is 34.5 Å². The fourth-order valence-electron chi connectivity index (χ4n) is 1.13. The Morgan fingerprint density at radius 3 is 2.79 bits per heavy atom. The Labute approximate surface area is 94.3 Å². The number of aromatic amines is 1. The molecule has 74 valence electrons. The number of halogens is 2. The molecule has 2 rings (SSSR count). The van der Waals surface area contributed by atoms with Gasteiger partial charge in [-0.05, 0) is 6.07 Å². The van der Waals surface area contributed by atoms with E-state index in [1.165, 1.54) is 11.3 Å². The van der Waals surface area contributed by atoms with Gasteiger partial charge in [0, 0.05) is 17.3 Å². The van der Waals surface area contributed by atoms with Crippen molar-refractivity contribution < 1.29 is 5.11 Å². The average molecular weight is 249 g/mol. The summed E-state index contributed by atoms with van der Waals surface area (Å²) in [5.41, 5.74) is 1.28. The molecule has 0 spiro atoms. The van der Waals surface area contributed by atoms with E-state index in [4.69, 9.17) is 23.2 Å². The summed E-state index contributed by atoms with van der Waals surface area (Å²) in [4.78, 5) is 0. The van der Waals surface area contributed by atoms with Crippen molar-refractivity contribution in [3.63, 3.8) is 0 Å². The van der Waals surface area contributed by atoms with E-state index in [9.17, 15) is 5.11 Å². The number of nitrogens with zero attached hydrogens (tertiary/aromatic N) is 1. The largest absolute Gasteiger partial charge is 0.383 e. The lowest BCUT2D eigenvalue weighted by atomic mass is 10.1. The second-order valence-electron chi connectivity index (χ2n) is 2.71. The van der Waals surface area contributed by atoms with Crippen molar-refractivity contribution in [3.8, 4) is 0 Å². The number of nitrogens with one attached hydrogen (secondary N) is 1. The second-order valence-corrected chi connectivity index (χ2v) is 5.00. The summed E-state index contributed by atoms with van der Waals surface area (Å²) in [7, 11) is 0. The van der Waals surface area contributed by atoms with Crippen molar-refractivity contribution in [2.24, 2.45) is 0 Å². The zero-order valence-corrected chi connectivity index (χ0v) is 9.20. The molecule has 2 aromatic rings. The van der Waals surface area contributed by atoms with Crippen molar-refractivity contribution in [1.82, 2.24) is 10.2 Å². The van der Waals surface area contributed by atoms with Gasteiger partial charge in [-0.25, -0.2) is 0 Å². The summed E-state index contributed by atoms with van der Waals surface area (Å²) in [6.45, 7) is 0. The van der Waals surface area contributed by atoms with Crippen LogP contribution in [0.4, 0.5) is 0 Å². The number of H-pyrrole nitrogens is 1. The average Bonchev–Trinajstić information content (AvgIpc) is 2.73. The zero-order chi connectivity index (χ0) is 10.1. The minimum Gasteiger partial charge on any atom is -0.383 e. The minimum atomic E-state index is -0.773. The van der Waals surface area contributed by atoms with Crippen molar-refractivity contribution in [2.75, 3.05) is 0 Å². The summed E-state index contributed by atoms with van der Waals surface area (Å²) in [5.74, 6) is 0. The number of rotatable bonds is 2. The van der Waals surface area contributed by atoms with Crippen molar-refractivity contribution in [2.45, 2.75) is 6.10 Å². The number of thiophene rings is 1. The third kappa shape index (κ3) is 1.79. The lowest BCUT2D eigenvalue weighted by Crippen LogP contribution is -1.96. The van der Waals surface area contributed by atoms with Gasteiger partial charge in [-0.1, -0.05) is 23.2 Å². The lowest BCUT2D eigenvalue weighted by Gasteiger charge is -2.05. The molecule has 3 nitrogen and oxygen atoms in total. The molecule has 6 heteroatoms. The maximum Gasteiger partial charge on any atom is 0.109 e. The highest BCUT2D eigenvalue weighted by Gasteiger charge is 2.17. The van der Waals surface area contributed by atoms with E-state index >= 15 is 0 Å². The fourth-order valence-corrected chi connectivity index (χ4v) is 2.65. The van der Waals surface area contributed by atoms with Gasteiger partial charge in [0.15, 0.2) is 0 Å². The Kier molecular flexibility index (Phi) is 2.78. The predicted molar refractivity (Wildman–Crippen MR) is 57.0 cm³/mol. The highest BCUT2D eigenvalue weighted by molar-refractivity contribution is 7.20. The summed E-state index contributed by atoms with van der Waals surface area (Å²) in [5, 5.41) is 16.3. The molecule has 2 heterocycles. The van der Waals surface area contributed by atoms with Gasteiger partial charge in [0.1, 0.15) is 10.4 Å². The van der Waals surface area contributed by atoms with Crippen LogP contribution in [0.25, 0.3) is 0 Å². The normalized spacial score (nSPS) is 13.1. The Morgan fingerprint density at radius 1 is 1.50 bits per heavy atom. The monoisotopic (exact) mass is 248 g/mol. The van der Waals surface area contributed by atoms with Crippen LogP contribution < -0.4 is 0 Å². The third-order valence-corrected chi connectivity index (χ3v) is 3.33. The van der Waals surface area contributed by atoms with Crippen LogP contribution in [0.3, 0.4) is 0 Å². The highest BCUT2D eigenvalue weighted by atomic mass is 35.5. The molecule has 1 atom stereocenters.